The Balaban J connectivity index is 3.39. The molecule has 0 aromatic rings. The summed E-state index contributed by atoms with van der Waals surface area (Å²) >= 11 is 16.7. The van der Waals surface area contributed by atoms with Crippen LogP contribution in [0.2, 0.25) is 0 Å². The molecule has 0 fully saturated rings. The van der Waals surface area contributed by atoms with Gasteiger partial charge in [-0.3, -0.25) is 14.0 Å². The van der Waals surface area contributed by atoms with E-state index in [0.717, 1.165) is 37.2 Å². The Kier molecular flexibility index (Phi) is 39.8. The predicted molar refractivity (Wildman–Crippen MR) is 206 cm³/mol. The number of nitrogens with one attached hydrogen (secondary N) is 2. The van der Waals surface area contributed by atoms with Crippen LogP contribution in [0.25, 0.3) is 0 Å². The summed E-state index contributed by atoms with van der Waals surface area (Å²) in [6, 6.07) is 0. The highest BCUT2D eigenvalue weighted by atomic mass is 32.3. The molecule has 24 heteroatoms. The molecule has 0 aliphatic carbocycles. The molecule has 0 aromatic heterocycles. The lowest BCUT2D eigenvalue weighted by Gasteiger charge is -2.05. The van der Waals surface area contributed by atoms with Crippen LogP contribution in [0.15, 0.2) is 9.98 Å². The molecular formula is C19H36N4O8S12. The van der Waals surface area contributed by atoms with Crippen molar-refractivity contribution >= 4 is 163 Å². The highest BCUT2D eigenvalue weighted by molar-refractivity contribution is 8.29. The Hall–Kier alpha value is 1.76. The predicted octanol–water partition coefficient (Wildman–Crippen LogP) is 5.59. The molecule has 252 valence electrons. The SMILES string of the molecule is O=C(NCSCSCSCN=CS(=O)CSCSCSC(=O)NCSCSCSCN=COOCSCO)OCSCO. The van der Waals surface area contributed by atoms with Crippen molar-refractivity contribution in [3.05, 3.63) is 0 Å². The van der Waals surface area contributed by atoms with Gasteiger partial charge in [0, 0.05) is 30.5 Å². The molecule has 0 rings (SSSR count). The maximum Gasteiger partial charge on any atom is 0.408 e. The number of alkyl carbamates (subject to hydrolysis) is 1. The maximum absolute atomic E-state index is 12.0. The lowest BCUT2D eigenvalue weighted by Crippen LogP contribution is -2.23. The van der Waals surface area contributed by atoms with Crippen LogP contribution in [-0.4, -0.2) is 121 Å². The third-order valence-electron chi connectivity index (χ3n) is 3.24. The number of rotatable bonds is 31. The first-order valence-electron chi connectivity index (χ1n) is 11.5. The lowest BCUT2D eigenvalue weighted by atomic mass is 11.1. The van der Waals surface area contributed by atoms with Gasteiger partial charge in [0.25, 0.3) is 5.24 Å². The van der Waals surface area contributed by atoms with E-state index in [0.29, 0.717) is 33.7 Å². The van der Waals surface area contributed by atoms with Crippen molar-refractivity contribution in [1.82, 2.24) is 10.6 Å². The molecule has 0 spiro atoms. The zero-order valence-electron chi connectivity index (χ0n) is 22.9. The van der Waals surface area contributed by atoms with Gasteiger partial charge in [0.1, 0.15) is 11.9 Å². The second kappa shape index (κ2) is 38.2. The Bertz CT molecular complexity index is 752. The molecule has 4 N–H and O–H groups in total. The second-order valence-electron chi connectivity index (χ2n) is 6.29. The van der Waals surface area contributed by atoms with E-state index in [1.54, 1.807) is 94.1 Å². The van der Waals surface area contributed by atoms with E-state index in [-0.39, 0.29) is 29.0 Å². The Morgan fingerprint density at radius 1 is 0.721 bits per heavy atom. The third-order valence-corrected chi connectivity index (χ3v) is 15.7. The van der Waals surface area contributed by atoms with Crippen molar-refractivity contribution in [3.8, 4) is 0 Å². The number of hydrogen-bond donors (Lipinski definition) is 4. The molecule has 1 atom stereocenters. The number of carbonyl (C=O) groups is 2. The quantitative estimate of drug-likeness (QED) is 0.0170. The van der Waals surface area contributed by atoms with Crippen molar-refractivity contribution in [2.75, 3.05) is 82.9 Å². The zero-order valence-corrected chi connectivity index (χ0v) is 32.7. The van der Waals surface area contributed by atoms with Crippen LogP contribution in [0, 0.1) is 0 Å². The maximum atomic E-state index is 12.0. The standard InChI is InChI=1S/C19H36N4O8S12/c24-7-36-9-29-18(26)22-4-34-13-39-12-33-3-21-6-43(28)17-41-15-40-16-42-19(27)23-5-35-14-38-11-32-2-20-1-30-31-10-37-8-25/h1,6,24-25H,2-5,7-17H2,(H,22,26)(H,23,27). The van der Waals surface area contributed by atoms with E-state index in [1.165, 1.54) is 35.5 Å². The van der Waals surface area contributed by atoms with Crippen molar-refractivity contribution in [2.24, 2.45) is 9.98 Å². The first-order chi connectivity index (χ1) is 21.1. The van der Waals surface area contributed by atoms with Crippen LogP contribution in [-0.2, 0) is 25.3 Å². The molecule has 1 unspecified atom stereocenters. The largest absolute Gasteiger partial charge is 0.438 e. The Morgan fingerprint density at radius 3 is 2.05 bits per heavy atom. The monoisotopic (exact) mass is 832 g/mol. The molecule has 0 saturated heterocycles. The van der Waals surface area contributed by atoms with Crippen LogP contribution >= 0.6 is 129 Å². The average Bonchev–Trinajstić information content (AvgIpc) is 3.00. The summed E-state index contributed by atoms with van der Waals surface area (Å²) in [5.41, 5.74) is 1.49. The lowest BCUT2D eigenvalue weighted by molar-refractivity contribution is -0.196. The second-order valence-corrected chi connectivity index (χ2v) is 20.7. The molecule has 43 heavy (non-hydrogen) atoms. The summed E-state index contributed by atoms with van der Waals surface area (Å²) in [7, 11) is -1.12. The van der Waals surface area contributed by atoms with Gasteiger partial charge in [0.15, 0.2) is 0 Å². The molecule has 0 aromatic carbocycles. The van der Waals surface area contributed by atoms with Crippen LogP contribution in [0.4, 0.5) is 9.59 Å². The smallest absolute Gasteiger partial charge is 0.408 e. The van der Waals surface area contributed by atoms with E-state index < -0.39 is 16.9 Å². The molecular weight excluding hydrogens is 797 g/mol. The molecule has 0 heterocycles. The molecule has 0 bridgehead atoms. The van der Waals surface area contributed by atoms with Gasteiger partial charge in [-0.1, -0.05) is 23.5 Å². The summed E-state index contributed by atoms with van der Waals surface area (Å²) < 4.78 is 16.8. The fourth-order valence-corrected chi connectivity index (χ4v) is 12.3. The van der Waals surface area contributed by atoms with E-state index in [4.69, 9.17) is 24.7 Å². The fraction of sp³-hybridized carbons (Fsp3) is 0.789. The first kappa shape index (κ1) is 44.8. The number of aliphatic hydroxyl groups is 2. The van der Waals surface area contributed by atoms with Crippen molar-refractivity contribution in [1.29, 1.82) is 0 Å². The van der Waals surface area contributed by atoms with Crippen LogP contribution in [0.3, 0.4) is 0 Å². The zero-order chi connectivity index (χ0) is 31.5. The topological polar surface area (TPSA) is 168 Å². The fourth-order valence-electron chi connectivity index (χ4n) is 1.66. The van der Waals surface area contributed by atoms with Gasteiger partial charge in [-0.05, 0) is 0 Å². The number of carbonyl (C=O) groups excluding carboxylic acids is 2. The highest BCUT2D eigenvalue weighted by Gasteiger charge is 2.03. The highest BCUT2D eigenvalue weighted by Crippen LogP contribution is 2.20. The summed E-state index contributed by atoms with van der Waals surface area (Å²) in [5.74, 6) is 2.41. The minimum atomic E-state index is -1.12. The van der Waals surface area contributed by atoms with Gasteiger partial charge in [-0.2, -0.15) is 4.89 Å². The number of aliphatic imine (C=N–C) groups is 2. The number of ether oxygens (including phenoxy) is 1. The van der Waals surface area contributed by atoms with Crippen molar-refractivity contribution in [3.63, 3.8) is 0 Å². The Morgan fingerprint density at radius 2 is 1.33 bits per heavy atom. The van der Waals surface area contributed by atoms with Crippen LogP contribution in [0.1, 0.15) is 0 Å². The van der Waals surface area contributed by atoms with E-state index in [9.17, 15) is 13.8 Å². The Labute approximate surface area is 302 Å². The first-order valence-corrected chi connectivity index (χ1v) is 25.5. The molecule has 0 aliphatic heterocycles. The number of aliphatic hydroxyl groups excluding tert-OH is 2. The third kappa shape index (κ3) is 38.1. The summed E-state index contributed by atoms with van der Waals surface area (Å²) in [4.78, 5) is 40.8. The summed E-state index contributed by atoms with van der Waals surface area (Å²) in [5, 5.41) is 27.9. The van der Waals surface area contributed by atoms with E-state index >= 15 is 0 Å². The minimum Gasteiger partial charge on any atom is -0.438 e. The average molecular weight is 833 g/mol. The number of amides is 2. The van der Waals surface area contributed by atoms with Crippen molar-refractivity contribution in [2.45, 2.75) is 0 Å². The van der Waals surface area contributed by atoms with Crippen LogP contribution in [0.5, 0.6) is 0 Å². The number of hydrogen-bond acceptors (Lipinski definition) is 21. The van der Waals surface area contributed by atoms with Gasteiger partial charge in [0.2, 0.25) is 6.40 Å². The number of thioether (sulfide) groups is 11. The van der Waals surface area contributed by atoms with Gasteiger partial charge < -0.3 is 30.5 Å². The van der Waals surface area contributed by atoms with Gasteiger partial charge >= 0.3 is 6.09 Å². The van der Waals surface area contributed by atoms with Crippen molar-refractivity contribution < 1.29 is 38.5 Å². The normalized spacial score (nSPS) is 12.1. The van der Waals surface area contributed by atoms with Gasteiger partial charge in [0.05, 0.1) is 56.8 Å². The summed E-state index contributed by atoms with van der Waals surface area (Å²) in [6.07, 6.45) is 0.747. The molecule has 2 amide bonds. The summed E-state index contributed by atoms with van der Waals surface area (Å²) in [6.45, 7) is 0. The van der Waals surface area contributed by atoms with Gasteiger partial charge in [-0.25, -0.2) is 9.79 Å². The molecule has 0 saturated carbocycles. The number of nitrogens with zero attached hydrogens (tertiary/aromatic N) is 2. The van der Waals surface area contributed by atoms with E-state index in [2.05, 4.69) is 20.6 Å². The minimum absolute atomic E-state index is 0.0175. The molecule has 0 aliphatic rings. The van der Waals surface area contributed by atoms with Crippen LogP contribution < -0.4 is 10.6 Å². The van der Waals surface area contributed by atoms with Gasteiger partial charge in [-0.15, -0.1) is 106 Å². The molecule has 0 radical (unpaired) electrons. The van der Waals surface area contributed by atoms with E-state index in [1.807, 2.05) is 0 Å². The molecule has 12 nitrogen and oxygen atoms in total.